The van der Waals surface area contributed by atoms with Crippen molar-refractivity contribution in [3.8, 4) is 0 Å². The molecule has 1 aromatic carbocycles. The molecular formula is C20H29N3O2. The maximum absolute atomic E-state index is 12.4. The van der Waals surface area contributed by atoms with E-state index >= 15 is 0 Å². The van der Waals surface area contributed by atoms with Gasteiger partial charge in [-0.05, 0) is 75.9 Å². The number of likely N-dealkylation sites (tertiary alicyclic amines) is 2. The largest absolute Gasteiger partial charge is 0.367 e. The third kappa shape index (κ3) is 3.53. The Hall–Kier alpha value is -1.59. The summed E-state index contributed by atoms with van der Waals surface area (Å²) in [6, 6.07) is 6.03. The average Bonchev–Trinajstić information content (AvgIpc) is 3.20. The van der Waals surface area contributed by atoms with Gasteiger partial charge in [-0.1, -0.05) is 6.07 Å². The van der Waals surface area contributed by atoms with Crippen molar-refractivity contribution < 1.29 is 9.53 Å². The number of carbonyl (C=O) groups is 1. The van der Waals surface area contributed by atoms with E-state index in [4.69, 9.17) is 4.74 Å². The van der Waals surface area contributed by atoms with Crippen LogP contribution in [0.4, 0.5) is 10.5 Å². The van der Waals surface area contributed by atoms with Crippen LogP contribution >= 0.6 is 0 Å². The fourth-order valence-corrected chi connectivity index (χ4v) is 4.32. The van der Waals surface area contributed by atoms with Crippen LogP contribution in [0.5, 0.6) is 0 Å². The molecule has 1 unspecified atom stereocenters. The van der Waals surface area contributed by atoms with Gasteiger partial charge in [0.25, 0.3) is 0 Å². The molecule has 1 spiro atoms. The molecule has 0 aliphatic carbocycles. The number of carbonyl (C=O) groups excluding carboxylic acids is 1. The van der Waals surface area contributed by atoms with Crippen LogP contribution in [0.15, 0.2) is 18.2 Å². The van der Waals surface area contributed by atoms with E-state index in [1.165, 1.54) is 37.1 Å². The molecule has 0 aromatic heterocycles. The number of hydrogen-bond donors (Lipinski definition) is 1. The van der Waals surface area contributed by atoms with Crippen LogP contribution < -0.4 is 5.32 Å². The SMILES string of the molecule is Cc1ccc(NC(=O)N2CC3(CCC(CN4CCCC4)O3)C2)cc1C. The Morgan fingerprint density at radius 1 is 1.24 bits per heavy atom. The van der Waals surface area contributed by atoms with E-state index in [2.05, 4.69) is 24.1 Å². The second-order valence-electron chi connectivity index (χ2n) is 8.05. The smallest absolute Gasteiger partial charge is 0.322 e. The topological polar surface area (TPSA) is 44.8 Å². The van der Waals surface area contributed by atoms with Gasteiger partial charge in [-0.25, -0.2) is 4.79 Å². The summed E-state index contributed by atoms with van der Waals surface area (Å²) in [6.07, 6.45) is 5.21. The molecule has 3 aliphatic rings. The Labute approximate surface area is 150 Å². The normalized spacial score (nSPS) is 25.4. The number of ether oxygens (including phenoxy) is 1. The quantitative estimate of drug-likeness (QED) is 0.917. The van der Waals surface area contributed by atoms with Crippen LogP contribution in [0, 0.1) is 13.8 Å². The van der Waals surface area contributed by atoms with Crippen molar-refractivity contribution in [2.45, 2.75) is 51.2 Å². The van der Waals surface area contributed by atoms with Crippen LogP contribution in [0.1, 0.15) is 36.8 Å². The third-order valence-corrected chi connectivity index (χ3v) is 6.00. The first-order valence-corrected chi connectivity index (χ1v) is 9.56. The maximum atomic E-state index is 12.4. The van der Waals surface area contributed by atoms with E-state index in [-0.39, 0.29) is 11.6 Å². The predicted octanol–water partition coefficient (Wildman–Crippen LogP) is 3.16. The number of rotatable bonds is 3. The summed E-state index contributed by atoms with van der Waals surface area (Å²) in [6.45, 7) is 9.10. The highest BCUT2D eigenvalue weighted by molar-refractivity contribution is 5.90. The van der Waals surface area contributed by atoms with E-state index in [1.54, 1.807) is 0 Å². The van der Waals surface area contributed by atoms with Crippen molar-refractivity contribution in [2.24, 2.45) is 0 Å². The van der Waals surface area contributed by atoms with E-state index in [1.807, 2.05) is 23.1 Å². The lowest BCUT2D eigenvalue weighted by molar-refractivity contribution is -0.120. The number of hydrogen-bond acceptors (Lipinski definition) is 3. The molecule has 136 valence electrons. The predicted molar refractivity (Wildman–Crippen MR) is 99.0 cm³/mol. The zero-order valence-electron chi connectivity index (χ0n) is 15.4. The second kappa shape index (κ2) is 6.61. The molecule has 5 nitrogen and oxygen atoms in total. The van der Waals surface area contributed by atoms with Crippen LogP contribution in [-0.2, 0) is 4.74 Å². The van der Waals surface area contributed by atoms with Gasteiger partial charge in [-0.15, -0.1) is 0 Å². The molecule has 0 bridgehead atoms. The lowest BCUT2D eigenvalue weighted by Gasteiger charge is -2.47. The number of urea groups is 1. The van der Waals surface area contributed by atoms with Gasteiger partial charge in [0.05, 0.1) is 19.2 Å². The Morgan fingerprint density at radius 3 is 2.72 bits per heavy atom. The Bertz CT molecular complexity index is 648. The van der Waals surface area contributed by atoms with Crippen LogP contribution in [0.25, 0.3) is 0 Å². The molecule has 0 saturated carbocycles. The molecule has 5 heteroatoms. The van der Waals surface area contributed by atoms with Gasteiger partial charge >= 0.3 is 6.03 Å². The highest BCUT2D eigenvalue weighted by atomic mass is 16.5. The number of amides is 2. The minimum absolute atomic E-state index is 0.0135. The molecular weight excluding hydrogens is 314 g/mol. The highest BCUT2D eigenvalue weighted by Gasteiger charge is 2.51. The monoisotopic (exact) mass is 343 g/mol. The molecule has 25 heavy (non-hydrogen) atoms. The van der Waals surface area contributed by atoms with Gasteiger partial charge in [-0.3, -0.25) is 0 Å². The fraction of sp³-hybridized carbons (Fsp3) is 0.650. The van der Waals surface area contributed by atoms with Gasteiger partial charge in [-0.2, -0.15) is 0 Å². The standard InChI is InChI=1S/C20H29N3O2/c1-15-5-6-17(11-16(15)2)21-19(24)23-13-20(14-23)8-7-18(25-20)12-22-9-3-4-10-22/h5-6,11,18H,3-4,7-10,12-14H2,1-2H3,(H,21,24). The average molecular weight is 343 g/mol. The van der Waals surface area contributed by atoms with E-state index in [0.29, 0.717) is 6.10 Å². The van der Waals surface area contributed by atoms with E-state index in [0.717, 1.165) is 38.2 Å². The van der Waals surface area contributed by atoms with Crippen molar-refractivity contribution in [1.29, 1.82) is 0 Å². The van der Waals surface area contributed by atoms with Crippen molar-refractivity contribution in [1.82, 2.24) is 9.80 Å². The minimum atomic E-state index is -0.0784. The first kappa shape index (κ1) is 16.9. The summed E-state index contributed by atoms with van der Waals surface area (Å²) in [4.78, 5) is 16.8. The van der Waals surface area contributed by atoms with Gasteiger partial charge in [0.1, 0.15) is 5.60 Å². The first-order valence-electron chi connectivity index (χ1n) is 9.56. The summed E-state index contributed by atoms with van der Waals surface area (Å²) < 4.78 is 6.35. The number of nitrogens with zero attached hydrogens (tertiary/aromatic N) is 2. The molecule has 3 aliphatic heterocycles. The number of aryl methyl sites for hydroxylation is 2. The number of anilines is 1. The molecule has 4 rings (SSSR count). The lowest BCUT2D eigenvalue weighted by atomic mass is 9.91. The summed E-state index contributed by atoms with van der Waals surface area (Å²) in [5, 5.41) is 3.01. The van der Waals surface area contributed by atoms with Crippen molar-refractivity contribution in [3.05, 3.63) is 29.3 Å². The molecule has 0 radical (unpaired) electrons. The molecule has 1 N–H and O–H groups in total. The fourth-order valence-electron chi connectivity index (χ4n) is 4.32. The summed E-state index contributed by atoms with van der Waals surface area (Å²) in [7, 11) is 0. The first-order chi connectivity index (χ1) is 12.0. The van der Waals surface area contributed by atoms with E-state index < -0.39 is 0 Å². The van der Waals surface area contributed by atoms with Gasteiger partial charge < -0.3 is 19.9 Å². The zero-order chi connectivity index (χ0) is 17.4. The zero-order valence-corrected chi connectivity index (χ0v) is 15.4. The summed E-state index contributed by atoms with van der Waals surface area (Å²) in [5.41, 5.74) is 3.23. The van der Waals surface area contributed by atoms with Crippen molar-refractivity contribution in [2.75, 3.05) is 38.0 Å². The molecule has 3 fully saturated rings. The number of benzene rings is 1. The van der Waals surface area contributed by atoms with Crippen LogP contribution in [0.2, 0.25) is 0 Å². The van der Waals surface area contributed by atoms with Gasteiger partial charge in [0.2, 0.25) is 0 Å². The molecule has 1 aromatic rings. The molecule has 1 atom stereocenters. The summed E-state index contributed by atoms with van der Waals surface area (Å²) >= 11 is 0. The minimum Gasteiger partial charge on any atom is -0.367 e. The Morgan fingerprint density at radius 2 is 2.00 bits per heavy atom. The van der Waals surface area contributed by atoms with Gasteiger partial charge in [0.15, 0.2) is 0 Å². The maximum Gasteiger partial charge on any atom is 0.322 e. The van der Waals surface area contributed by atoms with Crippen LogP contribution in [-0.4, -0.2) is 60.3 Å². The van der Waals surface area contributed by atoms with E-state index in [9.17, 15) is 4.79 Å². The summed E-state index contributed by atoms with van der Waals surface area (Å²) in [5.74, 6) is 0. The Balaban J connectivity index is 1.26. The highest BCUT2D eigenvalue weighted by Crippen LogP contribution is 2.38. The number of nitrogens with one attached hydrogen (secondary N) is 1. The third-order valence-electron chi connectivity index (χ3n) is 6.00. The molecule has 3 saturated heterocycles. The second-order valence-corrected chi connectivity index (χ2v) is 8.05. The molecule has 3 heterocycles. The van der Waals surface area contributed by atoms with Crippen molar-refractivity contribution >= 4 is 11.7 Å². The lowest BCUT2D eigenvalue weighted by Crippen LogP contribution is -2.64. The van der Waals surface area contributed by atoms with Crippen LogP contribution in [0.3, 0.4) is 0 Å². The van der Waals surface area contributed by atoms with Gasteiger partial charge in [0, 0.05) is 12.2 Å². The van der Waals surface area contributed by atoms with Crippen molar-refractivity contribution in [3.63, 3.8) is 0 Å². The Kier molecular flexibility index (Phi) is 4.46. The molecule has 2 amide bonds.